The minimum absolute atomic E-state index is 0.279. The topological polar surface area (TPSA) is 56.3 Å². The van der Waals surface area contributed by atoms with Gasteiger partial charge in [-0.25, -0.2) is 9.97 Å². The molecule has 3 rings (SSSR count). The van der Waals surface area contributed by atoms with Gasteiger partial charge < -0.3 is 14.8 Å². The van der Waals surface area contributed by atoms with Gasteiger partial charge in [0.15, 0.2) is 5.75 Å². The molecule has 2 heterocycles. The highest BCUT2D eigenvalue weighted by atomic mass is 16.5. The standard InChI is InChI=1S/C15H17N3O2/c1-19-11-4-2-5-12(8-11)20-13-9-17-15(18-10-13)14-6-3-7-16-14/h2,4-5,8-10,14,16H,3,6-7H2,1H3. The number of nitrogens with zero attached hydrogens (tertiary/aromatic N) is 2. The van der Waals surface area contributed by atoms with Gasteiger partial charge in [0.2, 0.25) is 0 Å². The molecule has 1 aromatic carbocycles. The highest BCUT2D eigenvalue weighted by molar-refractivity contribution is 5.35. The lowest BCUT2D eigenvalue weighted by Crippen LogP contribution is -2.15. The second-order valence-corrected chi connectivity index (χ2v) is 4.71. The Hall–Kier alpha value is -2.14. The molecule has 1 aromatic heterocycles. The fourth-order valence-electron chi connectivity index (χ4n) is 2.26. The third kappa shape index (κ3) is 2.88. The number of rotatable bonds is 4. The number of aromatic nitrogens is 2. The molecule has 0 saturated carbocycles. The predicted octanol–water partition coefficient (Wildman–Crippen LogP) is 2.70. The van der Waals surface area contributed by atoms with Crippen molar-refractivity contribution in [1.29, 1.82) is 0 Å². The highest BCUT2D eigenvalue weighted by Gasteiger charge is 2.18. The fourth-order valence-corrected chi connectivity index (χ4v) is 2.26. The Morgan fingerprint density at radius 1 is 1.15 bits per heavy atom. The van der Waals surface area contributed by atoms with E-state index in [0.717, 1.165) is 24.5 Å². The largest absolute Gasteiger partial charge is 0.497 e. The van der Waals surface area contributed by atoms with Gasteiger partial charge in [-0.15, -0.1) is 0 Å². The second kappa shape index (κ2) is 5.88. The Kier molecular flexibility index (Phi) is 3.78. The zero-order valence-corrected chi connectivity index (χ0v) is 11.4. The molecule has 104 valence electrons. The van der Waals surface area contributed by atoms with Gasteiger partial charge in [-0.3, -0.25) is 0 Å². The Morgan fingerprint density at radius 2 is 1.95 bits per heavy atom. The van der Waals surface area contributed by atoms with Gasteiger partial charge in [0.05, 0.1) is 25.5 Å². The number of hydrogen-bond acceptors (Lipinski definition) is 5. The van der Waals surface area contributed by atoms with E-state index in [2.05, 4.69) is 15.3 Å². The Morgan fingerprint density at radius 3 is 2.65 bits per heavy atom. The van der Waals surface area contributed by atoms with Gasteiger partial charge in [-0.05, 0) is 31.5 Å². The van der Waals surface area contributed by atoms with E-state index in [1.807, 2.05) is 24.3 Å². The maximum Gasteiger partial charge on any atom is 0.164 e. The lowest BCUT2D eigenvalue weighted by molar-refractivity contribution is 0.408. The van der Waals surface area contributed by atoms with Crippen LogP contribution in [0.15, 0.2) is 36.7 Å². The monoisotopic (exact) mass is 271 g/mol. The average molecular weight is 271 g/mol. The van der Waals surface area contributed by atoms with Crippen LogP contribution in [0.2, 0.25) is 0 Å². The van der Waals surface area contributed by atoms with E-state index in [4.69, 9.17) is 9.47 Å². The molecule has 5 heteroatoms. The average Bonchev–Trinajstić information content (AvgIpc) is 3.02. The van der Waals surface area contributed by atoms with Crippen molar-refractivity contribution in [2.24, 2.45) is 0 Å². The van der Waals surface area contributed by atoms with Gasteiger partial charge >= 0.3 is 0 Å². The van der Waals surface area contributed by atoms with Crippen LogP contribution in [0.25, 0.3) is 0 Å². The van der Waals surface area contributed by atoms with E-state index >= 15 is 0 Å². The molecule has 1 atom stereocenters. The lowest BCUT2D eigenvalue weighted by atomic mass is 10.2. The summed E-state index contributed by atoms with van der Waals surface area (Å²) in [5.41, 5.74) is 0. The molecule has 0 aliphatic carbocycles. The quantitative estimate of drug-likeness (QED) is 0.926. The summed E-state index contributed by atoms with van der Waals surface area (Å²) in [5, 5.41) is 3.37. The van der Waals surface area contributed by atoms with Crippen molar-refractivity contribution >= 4 is 0 Å². The number of benzene rings is 1. The maximum absolute atomic E-state index is 5.71. The molecule has 1 saturated heterocycles. The third-order valence-corrected chi connectivity index (χ3v) is 3.30. The minimum atomic E-state index is 0.279. The molecule has 0 spiro atoms. The molecule has 0 bridgehead atoms. The number of ether oxygens (including phenoxy) is 2. The first-order chi connectivity index (χ1) is 9.85. The van der Waals surface area contributed by atoms with Crippen molar-refractivity contribution in [1.82, 2.24) is 15.3 Å². The number of nitrogens with one attached hydrogen (secondary N) is 1. The van der Waals surface area contributed by atoms with Crippen molar-refractivity contribution in [3.05, 3.63) is 42.5 Å². The van der Waals surface area contributed by atoms with Crippen molar-refractivity contribution < 1.29 is 9.47 Å². The number of hydrogen-bond donors (Lipinski definition) is 1. The van der Waals surface area contributed by atoms with Crippen LogP contribution in [0.1, 0.15) is 24.7 Å². The Bertz CT molecular complexity index is 566. The third-order valence-electron chi connectivity index (χ3n) is 3.30. The second-order valence-electron chi connectivity index (χ2n) is 4.71. The van der Waals surface area contributed by atoms with E-state index in [1.54, 1.807) is 19.5 Å². The van der Waals surface area contributed by atoms with Crippen LogP contribution in [0.3, 0.4) is 0 Å². The Balaban J connectivity index is 1.71. The molecule has 1 aliphatic heterocycles. The molecular weight excluding hydrogens is 254 g/mol. The van der Waals surface area contributed by atoms with Crippen LogP contribution >= 0.6 is 0 Å². The first kappa shape index (κ1) is 12.9. The molecule has 1 unspecified atom stereocenters. The van der Waals surface area contributed by atoms with E-state index < -0.39 is 0 Å². The predicted molar refractivity (Wildman–Crippen MR) is 75.1 cm³/mol. The van der Waals surface area contributed by atoms with Crippen molar-refractivity contribution in [3.63, 3.8) is 0 Å². The zero-order chi connectivity index (χ0) is 13.8. The number of methoxy groups -OCH3 is 1. The van der Waals surface area contributed by atoms with Crippen LogP contribution in [0.4, 0.5) is 0 Å². The molecule has 2 aromatic rings. The molecule has 20 heavy (non-hydrogen) atoms. The zero-order valence-electron chi connectivity index (χ0n) is 11.4. The van der Waals surface area contributed by atoms with Crippen LogP contribution < -0.4 is 14.8 Å². The van der Waals surface area contributed by atoms with Crippen LogP contribution in [0, 0.1) is 0 Å². The summed E-state index contributed by atoms with van der Waals surface area (Å²) in [6.07, 6.45) is 5.69. The van der Waals surface area contributed by atoms with Gasteiger partial charge in [0, 0.05) is 6.07 Å². The maximum atomic E-state index is 5.71. The van der Waals surface area contributed by atoms with Crippen molar-refractivity contribution in [2.45, 2.75) is 18.9 Å². The van der Waals surface area contributed by atoms with E-state index in [1.165, 1.54) is 6.42 Å². The fraction of sp³-hybridized carbons (Fsp3) is 0.333. The molecule has 0 radical (unpaired) electrons. The van der Waals surface area contributed by atoms with Crippen LogP contribution in [-0.4, -0.2) is 23.6 Å². The van der Waals surface area contributed by atoms with E-state index in [9.17, 15) is 0 Å². The first-order valence-corrected chi connectivity index (χ1v) is 6.72. The summed E-state index contributed by atoms with van der Waals surface area (Å²) >= 11 is 0. The summed E-state index contributed by atoms with van der Waals surface area (Å²) in [5.74, 6) is 2.93. The molecule has 1 N–H and O–H groups in total. The van der Waals surface area contributed by atoms with Crippen molar-refractivity contribution in [3.8, 4) is 17.2 Å². The molecule has 1 aliphatic rings. The highest BCUT2D eigenvalue weighted by Crippen LogP contribution is 2.25. The van der Waals surface area contributed by atoms with Gasteiger partial charge in [0.25, 0.3) is 0 Å². The molecule has 0 amide bonds. The smallest absolute Gasteiger partial charge is 0.164 e. The summed E-state index contributed by atoms with van der Waals surface area (Å²) < 4.78 is 10.9. The van der Waals surface area contributed by atoms with E-state index in [-0.39, 0.29) is 6.04 Å². The first-order valence-electron chi connectivity index (χ1n) is 6.72. The van der Waals surface area contributed by atoms with Crippen molar-refractivity contribution in [2.75, 3.05) is 13.7 Å². The minimum Gasteiger partial charge on any atom is -0.497 e. The van der Waals surface area contributed by atoms with Gasteiger partial charge in [-0.2, -0.15) is 0 Å². The summed E-state index contributed by atoms with van der Waals surface area (Å²) in [7, 11) is 1.63. The summed E-state index contributed by atoms with van der Waals surface area (Å²) in [6.45, 7) is 1.04. The summed E-state index contributed by atoms with van der Waals surface area (Å²) in [4.78, 5) is 8.74. The van der Waals surface area contributed by atoms with Crippen LogP contribution in [-0.2, 0) is 0 Å². The lowest BCUT2D eigenvalue weighted by Gasteiger charge is -2.10. The molecular formula is C15H17N3O2. The van der Waals surface area contributed by atoms with Gasteiger partial charge in [-0.1, -0.05) is 6.07 Å². The van der Waals surface area contributed by atoms with E-state index in [0.29, 0.717) is 11.5 Å². The van der Waals surface area contributed by atoms with Gasteiger partial charge in [0.1, 0.15) is 17.3 Å². The SMILES string of the molecule is COc1cccc(Oc2cnc(C3CCCN3)nc2)c1. The normalized spacial score (nSPS) is 17.9. The molecule has 1 fully saturated rings. The Labute approximate surface area is 118 Å². The summed E-state index contributed by atoms with van der Waals surface area (Å²) in [6, 6.07) is 7.73. The van der Waals surface area contributed by atoms with Crippen LogP contribution in [0.5, 0.6) is 17.2 Å². The molecule has 5 nitrogen and oxygen atoms in total.